The average Bonchev–Trinajstić information content (AvgIpc) is 2.04. The summed E-state index contributed by atoms with van der Waals surface area (Å²) in [5, 5.41) is 0. The Bertz CT molecular complexity index is 381. The van der Waals surface area contributed by atoms with Gasteiger partial charge in [0.2, 0.25) is 0 Å². The number of aryl methyl sites for hydroxylation is 2. The van der Waals surface area contributed by atoms with Gasteiger partial charge in [-0.15, -0.1) is 0 Å². The Balaban J connectivity index is 2.17. The second-order valence-electron chi connectivity index (χ2n) is 3.70. The van der Waals surface area contributed by atoms with E-state index in [1.54, 1.807) is 0 Å². The van der Waals surface area contributed by atoms with Crippen molar-refractivity contribution < 1.29 is 0 Å². The molecule has 0 N–H and O–H groups in total. The van der Waals surface area contributed by atoms with E-state index in [0.29, 0.717) is 0 Å². The monoisotopic (exact) mass is 170 g/mol. The first-order valence-corrected chi connectivity index (χ1v) is 4.69. The number of allylic oxidation sites excluding steroid dienone is 4. The summed E-state index contributed by atoms with van der Waals surface area (Å²) >= 11 is 0. The Morgan fingerprint density at radius 3 is 2.38 bits per heavy atom. The van der Waals surface area contributed by atoms with Crippen molar-refractivity contribution in [2.45, 2.75) is 20.3 Å². The van der Waals surface area contributed by atoms with E-state index in [-0.39, 0.29) is 0 Å². The van der Waals surface area contributed by atoms with Gasteiger partial charge < -0.3 is 0 Å². The van der Waals surface area contributed by atoms with Crippen molar-refractivity contribution in [3.8, 4) is 0 Å². The highest BCUT2D eigenvalue weighted by atomic mass is 14.1. The lowest BCUT2D eigenvalue weighted by Gasteiger charge is -2.08. The zero-order valence-corrected chi connectivity index (χ0v) is 8.17. The highest BCUT2D eigenvalue weighted by Gasteiger charge is 2.01. The van der Waals surface area contributed by atoms with Gasteiger partial charge in [-0.2, -0.15) is 0 Å². The van der Waals surface area contributed by atoms with Gasteiger partial charge in [0, 0.05) is 0 Å². The Kier molecular flexibility index (Phi) is 2.05. The summed E-state index contributed by atoms with van der Waals surface area (Å²) in [6, 6.07) is 6.70. The van der Waals surface area contributed by atoms with E-state index in [4.69, 9.17) is 0 Å². The minimum Gasteiger partial charge on any atom is -0.0617 e. The van der Waals surface area contributed by atoms with Crippen molar-refractivity contribution in [2.75, 3.05) is 0 Å². The molecule has 0 atom stereocenters. The van der Waals surface area contributed by atoms with Crippen LogP contribution in [0.15, 0.2) is 42.0 Å². The van der Waals surface area contributed by atoms with Crippen LogP contribution in [0.1, 0.15) is 16.7 Å². The lowest BCUT2D eigenvalue weighted by Crippen LogP contribution is -1.93. The van der Waals surface area contributed by atoms with Crippen LogP contribution in [0, 0.1) is 13.8 Å². The van der Waals surface area contributed by atoms with Crippen LogP contribution in [0.5, 0.6) is 0 Å². The summed E-state index contributed by atoms with van der Waals surface area (Å²) in [6.07, 6.45) is 7.53. The predicted octanol–water partition coefficient (Wildman–Crippen LogP) is 3.34. The molecule has 0 heterocycles. The van der Waals surface area contributed by atoms with Crippen molar-refractivity contribution >= 4 is 0 Å². The molecule has 13 heavy (non-hydrogen) atoms. The van der Waals surface area contributed by atoms with Gasteiger partial charge >= 0.3 is 0 Å². The van der Waals surface area contributed by atoms with E-state index in [9.17, 15) is 0 Å². The third-order valence-electron chi connectivity index (χ3n) is 2.60. The largest absolute Gasteiger partial charge is 0.0617 e. The van der Waals surface area contributed by atoms with Crippen molar-refractivity contribution in [3.63, 3.8) is 0 Å². The van der Waals surface area contributed by atoms with E-state index < -0.39 is 0 Å². The number of hydrogen-bond donors (Lipinski definition) is 0. The van der Waals surface area contributed by atoms with Gasteiger partial charge in [0.05, 0.1) is 0 Å². The van der Waals surface area contributed by atoms with Gasteiger partial charge in [-0.3, -0.25) is 0 Å². The van der Waals surface area contributed by atoms with Gasteiger partial charge in [0.25, 0.3) is 0 Å². The van der Waals surface area contributed by atoms with Crippen LogP contribution in [-0.4, -0.2) is 0 Å². The quantitative estimate of drug-likeness (QED) is 0.638. The average molecular weight is 170 g/mol. The fraction of sp³-hybridized carbons (Fsp3) is 0.231. The molecule has 1 aliphatic carbocycles. The second-order valence-corrected chi connectivity index (χ2v) is 3.70. The van der Waals surface area contributed by atoms with Gasteiger partial charge in [0.15, 0.2) is 0 Å². The van der Waals surface area contributed by atoms with Crippen molar-refractivity contribution in [2.24, 2.45) is 0 Å². The van der Waals surface area contributed by atoms with Crippen LogP contribution in [0.2, 0.25) is 0 Å². The summed E-state index contributed by atoms with van der Waals surface area (Å²) in [4.78, 5) is 0. The van der Waals surface area contributed by atoms with Crippen molar-refractivity contribution in [3.05, 3.63) is 58.7 Å². The lowest BCUT2D eigenvalue weighted by molar-refractivity contribution is 1.15. The summed E-state index contributed by atoms with van der Waals surface area (Å²) < 4.78 is 0. The molecule has 0 saturated carbocycles. The summed E-state index contributed by atoms with van der Waals surface area (Å²) in [5.41, 5.74) is 5.62. The molecule has 2 rings (SSSR count). The molecule has 0 spiro atoms. The van der Waals surface area contributed by atoms with Crippen LogP contribution >= 0.6 is 0 Å². The highest BCUT2D eigenvalue weighted by molar-refractivity contribution is 5.40. The molecule has 0 fully saturated rings. The van der Waals surface area contributed by atoms with E-state index in [1.165, 1.54) is 22.3 Å². The molecule has 0 saturated heterocycles. The summed E-state index contributed by atoms with van der Waals surface area (Å²) in [7, 11) is 0. The molecule has 0 radical (unpaired) electrons. The normalized spacial score (nSPS) is 13.8. The van der Waals surface area contributed by atoms with Gasteiger partial charge in [0.1, 0.15) is 0 Å². The zero-order chi connectivity index (χ0) is 9.26. The number of rotatable bonds is 2. The van der Waals surface area contributed by atoms with Gasteiger partial charge in [-0.1, -0.05) is 36.4 Å². The molecular weight excluding hydrogens is 156 g/mol. The Labute approximate surface area is 79.6 Å². The molecule has 0 heteroatoms. The molecule has 66 valence electrons. The second kappa shape index (κ2) is 3.21. The SMILES string of the molecule is Cc1ccc(CC2=CC=C2)cc1C. The van der Waals surface area contributed by atoms with Gasteiger partial charge in [-0.05, 0) is 42.5 Å². The molecule has 0 bridgehead atoms. The predicted molar refractivity (Wildman–Crippen MR) is 56.8 cm³/mol. The van der Waals surface area contributed by atoms with Gasteiger partial charge in [-0.25, -0.2) is 0 Å². The molecule has 0 aromatic heterocycles. The lowest BCUT2D eigenvalue weighted by atomic mass is 9.97. The summed E-state index contributed by atoms with van der Waals surface area (Å²) in [6.45, 7) is 4.32. The Morgan fingerprint density at radius 1 is 1.08 bits per heavy atom. The van der Waals surface area contributed by atoms with Crippen LogP contribution in [-0.2, 0) is 6.42 Å². The number of hydrogen-bond acceptors (Lipinski definition) is 0. The molecule has 0 aliphatic heterocycles. The minimum atomic E-state index is 1.08. The Hall–Kier alpha value is -1.30. The van der Waals surface area contributed by atoms with Crippen LogP contribution < -0.4 is 0 Å². The highest BCUT2D eigenvalue weighted by Crippen LogP contribution is 2.17. The summed E-state index contributed by atoms with van der Waals surface area (Å²) in [5.74, 6) is 0. The zero-order valence-electron chi connectivity index (χ0n) is 8.17. The third kappa shape index (κ3) is 1.72. The fourth-order valence-corrected chi connectivity index (χ4v) is 1.50. The van der Waals surface area contributed by atoms with E-state index in [0.717, 1.165) is 6.42 Å². The minimum absolute atomic E-state index is 1.08. The maximum absolute atomic E-state index is 2.28. The fourth-order valence-electron chi connectivity index (χ4n) is 1.50. The molecule has 0 nitrogen and oxygen atoms in total. The first-order valence-electron chi connectivity index (χ1n) is 4.69. The van der Waals surface area contributed by atoms with Crippen molar-refractivity contribution in [1.29, 1.82) is 0 Å². The first kappa shape index (κ1) is 8.31. The molecule has 0 unspecified atom stereocenters. The van der Waals surface area contributed by atoms with E-state index in [2.05, 4.69) is 50.3 Å². The molecule has 0 amide bonds. The number of benzene rings is 1. The first-order chi connectivity index (χ1) is 6.25. The third-order valence-corrected chi connectivity index (χ3v) is 2.60. The smallest absolute Gasteiger partial charge is 0.00257 e. The van der Waals surface area contributed by atoms with Crippen LogP contribution in [0.4, 0.5) is 0 Å². The Morgan fingerprint density at radius 2 is 1.85 bits per heavy atom. The van der Waals surface area contributed by atoms with E-state index in [1.807, 2.05) is 0 Å². The maximum Gasteiger partial charge on any atom is -0.00257 e. The molecule has 1 aromatic rings. The van der Waals surface area contributed by atoms with Crippen LogP contribution in [0.25, 0.3) is 0 Å². The molecular formula is C13H14. The topological polar surface area (TPSA) is 0 Å². The molecule has 1 aromatic carbocycles. The molecule has 1 aliphatic rings. The standard InChI is InChI=1S/C13H14/c1-10-6-7-13(8-11(10)2)9-12-4-3-5-12/h3-8H,9H2,1-2H3. The maximum atomic E-state index is 2.28. The van der Waals surface area contributed by atoms with Crippen molar-refractivity contribution in [1.82, 2.24) is 0 Å². The van der Waals surface area contributed by atoms with Crippen LogP contribution in [0.3, 0.4) is 0 Å². The van der Waals surface area contributed by atoms with E-state index >= 15 is 0 Å².